The minimum Gasteiger partial charge on any atom is -0.494 e. The summed E-state index contributed by atoms with van der Waals surface area (Å²) < 4.78 is 24.5. The Bertz CT molecular complexity index is 946. The Morgan fingerprint density at radius 2 is 2.10 bits per heavy atom. The highest BCUT2D eigenvalue weighted by Gasteiger charge is 2.28. The molecule has 0 radical (unpaired) electrons. The SMILES string of the molecule is C=C(N=C(N1CCO[C@@H](c2ccc(F)cc2)C1)N(C)C(C)=O)c1ccncc1OC. The molecule has 1 aromatic carbocycles. The number of ether oxygens (including phenoxy) is 2. The van der Waals surface area contributed by atoms with Gasteiger partial charge in [0.15, 0.2) is 0 Å². The lowest BCUT2D eigenvalue weighted by Crippen LogP contribution is -2.50. The first-order chi connectivity index (χ1) is 14.4. The number of aliphatic imine (C=N–C) groups is 1. The highest BCUT2D eigenvalue weighted by molar-refractivity contribution is 5.98. The molecule has 7 nitrogen and oxygen atoms in total. The quantitative estimate of drug-likeness (QED) is 0.570. The van der Waals surface area contributed by atoms with E-state index in [-0.39, 0.29) is 17.8 Å². The Labute approximate surface area is 175 Å². The number of methoxy groups -OCH3 is 1. The average molecular weight is 412 g/mol. The molecule has 2 aromatic rings. The number of hydrogen-bond acceptors (Lipinski definition) is 5. The first-order valence-electron chi connectivity index (χ1n) is 9.53. The maximum absolute atomic E-state index is 13.3. The second-order valence-electron chi connectivity index (χ2n) is 6.87. The maximum Gasteiger partial charge on any atom is 0.225 e. The number of pyridine rings is 1. The van der Waals surface area contributed by atoms with Crippen LogP contribution in [-0.4, -0.2) is 60.5 Å². The van der Waals surface area contributed by atoms with Gasteiger partial charge in [0.25, 0.3) is 0 Å². The molecule has 158 valence electrons. The Morgan fingerprint density at radius 1 is 1.37 bits per heavy atom. The van der Waals surface area contributed by atoms with Crippen molar-refractivity contribution >= 4 is 17.6 Å². The van der Waals surface area contributed by atoms with Gasteiger partial charge in [-0.15, -0.1) is 0 Å². The number of rotatable bonds is 4. The predicted octanol–water partition coefficient (Wildman–Crippen LogP) is 3.11. The Kier molecular flexibility index (Phi) is 6.79. The van der Waals surface area contributed by atoms with E-state index in [1.54, 1.807) is 44.8 Å². The van der Waals surface area contributed by atoms with E-state index in [0.717, 1.165) is 5.56 Å². The van der Waals surface area contributed by atoms with Crippen LogP contribution in [0.1, 0.15) is 24.2 Å². The molecule has 3 rings (SSSR count). The monoisotopic (exact) mass is 412 g/mol. The number of amides is 1. The topological polar surface area (TPSA) is 67.3 Å². The van der Waals surface area contributed by atoms with E-state index in [1.807, 2.05) is 4.90 Å². The average Bonchev–Trinajstić information content (AvgIpc) is 2.77. The number of guanidine groups is 1. The first-order valence-corrected chi connectivity index (χ1v) is 9.53. The third kappa shape index (κ3) is 4.83. The van der Waals surface area contributed by atoms with Gasteiger partial charge >= 0.3 is 0 Å². The molecule has 1 aliphatic rings. The van der Waals surface area contributed by atoms with E-state index in [1.165, 1.54) is 24.0 Å². The maximum atomic E-state index is 13.3. The lowest BCUT2D eigenvalue weighted by molar-refractivity contribution is -0.124. The molecule has 0 spiro atoms. The number of hydrogen-bond donors (Lipinski definition) is 0. The zero-order valence-corrected chi connectivity index (χ0v) is 17.3. The molecule has 1 saturated heterocycles. The van der Waals surface area contributed by atoms with Crippen LogP contribution < -0.4 is 4.74 Å². The van der Waals surface area contributed by atoms with Crippen molar-refractivity contribution in [3.05, 3.63) is 66.2 Å². The summed E-state index contributed by atoms with van der Waals surface area (Å²) in [5.41, 5.74) is 1.99. The zero-order valence-electron chi connectivity index (χ0n) is 17.3. The minimum atomic E-state index is -0.299. The van der Waals surface area contributed by atoms with Crippen LogP contribution >= 0.6 is 0 Å². The summed E-state index contributed by atoms with van der Waals surface area (Å²) in [7, 11) is 3.22. The highest BCUT2D eigenvalue weighted by Crippen LogP contribution is 2.27. The van der Waals surface area contributed by atoms with Gasteiger partial charge in [-0.1, -0.05) is 18.7 Å². The lowest BCUT2D eigenvalue weighted by atomic mass is 10.1. The molecule has 0 aliphatic carbocycles. The molecule has 30 heavy (non-hydrogen) atoms. The largest absolute Gasteiger partial charge is 0.494 e. The number of halogens is 1. The van der Waals surface area contributed by atoms with E-state index in [2.05, 4.69) is 16.6 Å². The van der Waals surface area contributed by atoms with Gasteiger partial charge in [0.05, 0.1) is 32.2 Å². The minimum absolute atomic E-state index is 0.159. The molecule has 0 saturated carbocycles. The van der Waals surface area contributed by atoms with Gasteiger partial charge in [-0.05, 0) is 23.8 Å². The molecule has 0 N–H and O–H groups in total. The fourth-order valence-electron chi connectivity index (χ4n) is 3.17. The van der Waals surface area contributed by atoms with Gasteiger partial charge in [0.2, 0.25) is 11.9 Å². The molecule has 0 unspecified atom stereocenters. The second-order valence-corrected chi connectivity index (χ2v) is 6.87. The molecule has 1 amide bonds. The normalized spacial score (nSPS) is 16.9. The van der Waals surface area contributed by atoms with Crippen molar-refractivity contribution in [1.82, 2.24) is 14.8 Å². The van der Waals surface area contributed by atoms with Gasteiger partial charge in [0, 0.05) is 32.3 Å². The van der Waals surface area contributed by atoms with Crippen molar-refractivity contribution < 1.29 is 18.7 Å². The molecule has 2 heterocycles. The van der Waals surface area contributed by atoms with Crippen LogP contribution in [0.3, 0.4) is 0 Å². The second kappa shape index (κ2) is 9.49. The number of carbonyl (C=O) groups excluding carboxylic acids is 1. The first kappa shape index (κ1) is 21.4. The summed E-state index contributed by atoms with van der Waals surface area (Å²) in [6, 6.07) is 7.99. The van der Waals surface area contributed by atoms with Crippen LogP contribution in [-0.2, 0) is 9.53 Å². The zero-order chi connectivity index (χ0) is 21.7. The van der Waals surface area contributed by atoms with Crippen LogP contribution in [0.4, 0.5) is 4.39 Å². The molecular formula is C22H25FN4O3. The summed E-state index contributed by atoms with van der Waals surface area (Å²) in [6.45, 7) is 6.99. The number of carbonyl (C=O) groups is 1. The molecule has 1 aliphatic heterocycles. The van der Waals surface area contributed by atoms with E-state index in [9.17, 15) is 9.18 Å². The number of aromatic nitrogens is 1. The Hall–Kier alpha value is -3.26. The van der Waals surface area contributed by atoms with Crippen LogP contribution in [0.15, 0.2) is 54.3 Å². The van der Waals surface area contributed by atoms with Gasteiger partial charge < -0.3 is 14.4 Å². The van der Waals surface area contributed by atoms with Gasteiger partial charge in [-0.3, -0.25) is 14.7 Å². The summed E-state index contributed by atoms with van der Waals surface area (Å²) in [5, 5.41) is 0. The van der Waals surface area contributed by atoms with E-state index in [4.69, 9.17) is 9.47 Å². The van der Waals surface area contributed by atoms with Gasteiger partial charge in [-0.25, -0.2) is 9.38 Å². The molecule has 1 fully saturated rings. The predicted molar refractivity (Wildman–Crippen MR) is 112 cm³/mol. The van der Waals surface area contributed by atoms with Gasteiger partial charge in [0.1, 0.15) is 17.7 Å². The highest BCUT2D eigenvalue weighted by atomic mass is 19.1. The van der Waals surface area contributed by atoms with E-state index >= 15 is 0 Å². The number of morpholine rings is 1. The fourth-order valence-corrected chi connectivity index (χ4v) is 3.17. The van der Waals surface area contributed by atoms with Crippen LogP contribution in [0.5, 0.6) is 5.75 Å². The molecule has 0 bridgehead atoms. The van der Waals surface area contributed by atoms with Crippen molar-refractivity contribution in [2.75, 3.05) is 33.9 Å². The number of benzene rings is 1. The van der Waals surface area contributed by atoms with Crippen molar-refractivity contribution in [3.8, 4) is 5.75 Å². The third-order valence-electron chi connectivity index (χ3n) is 4.91. The van der Waals surface area contributed by atoms with Gasteiger partial charge in [-0.2, -0.15) is 0 Å². The molecule has 8 heteroatoms. The lowest BCUT2D eigenvalue weighted by Gasteiger charge is -2.37. The summed E-state index contributed by atoms with van der Waals surface area (Å²) >= 11 is 0. The van der Waals surface area contributed by atoms with Crippen molar-refractivity contribution in [3.63, 3.8) is 0 Å². The Balaban J connectivity index is 1.91. The van der Waals surface area contributed by atoms with Crippen LogP contribution in [0, 0.1) is 5.82 Å². The summed E-state index contributed by atoms with van der Waals surface area (Å²) in [4.78, 5) is 24.3. The van der Waals surface area contributed by atoms with Crippen molar-refractivity contribution in [2.24, 2.45) is 4.99 Å². The fraction of sp³-hybridized carbons (Fsp3) is 0.318. The summed E-state index contributed by atoms with van der Waals surface area (Å²) in [5.74, 6) is 0.546. The smallest absolute Gasteiger partial charge is 0.225 e. The van der Waals surface area contributed by atoms with Crippen molar-refractivity contribution in [2.45, 2.75) is 13.0 Å². The Morgan fingerprint density at radius 3 is 2.77 bits per heavy atom. The number of nitrogens with zero attached hydrogens (tertiary/aromatic N) is 4. The molecule has 1 aromatic heterocycles. The molecule has 1 atom stereocenters. The van der Waals surface area contributed by atoms with Crippen LogP contribution in [0.25, 0.3) is 5.70 Å². The van der Waals surface area contributed by atoms with E-state index < -0.39 is 0 Å². The standard InChI is InChI=1S/C22H25FN4O3/c1-15(19-9-10-24-13-20(19)29-4)25-22(26(3)16(2)28)27-11-12-30-21(14-27)17-5-7-18(23)8-6-17/h5-10,13,21H,1,11-12,14H2,2-4H3/t21-/m1/s1. The third-order valence-corrected chi connectivity index (χ3v) is 4.91. The molecular weight excluding hydrogens is 387 g/mol. The summed E-state index contributed by atoms with van der Waals surface area (Å²) in [6.07, 6.45) is 2.95. The van der Waals surface area contributed by atoms with E-state index in [0.29, 0.717) is 42.7 Å². The van der Waals surface area contributed by atoms with Crippen LogP contribution in [0.2, 0.25) is 0 Å². The van der Waals surface area contributed by atoms with Crippen molar-refractivity contribution in [1.29, 1.82) is 0 Å².